The van der Waals surface area contributed by atoms with Crippen LogP contribution in [0.3, 0.4) is 0 Å². The Kier molecular flexibility index (Phi) is 5.41. The molecule has 0 unspecified atom stereocenters. The highest BCUT2D eigenvalue weighted by Gasteiger charge is 2.32. The van der Waals surface area contributed by atoms with Crippen molar-refractivity contribution in [2.24, 2.45) is 0 Å². The fourth-order valence-electron chi connectivity index (χ4n) is 3.60. The predicted molar refractivity (Wildman–Crippen MR) is 109 cm³/mol. The number of aryl methyl sites for hydroxylation is 1. The van der Waals surface area contributed by atoms with Crippen LogP contribution in [-0.4, -0.2) is 26.5 Å². The summed E-state index contributed by atoms with van der Waals surface area (Å²) >= 11 is 0. The van der Waals surface area contributed by atoms with Crippen LogP contribution >= 0.6 is 0 Å². The van der Waals surface area contributed by atoms with E-state index in [2.05, 4.69) is 4.98 Å². The van der Waals surface area contributed by atoms with Gasteiger partial charge in [0, 0.05) is 18.7 Å². The quantitative estimate of drug-likeness (QED) is 0.562. The van der Waals surface area contributed by atoms with Crippen LogP contribution in [0, 0.1) is 12.7 Å². The third kappa shape index (κ3) is 3.92. The number of oxazole rings is 1. The van der Waals surface area contributed by atoms with Gasteiger partial charge in [0.25, 0.3) is 0 Å². The van der Waals surface area contributed by atoms with Gasteiger partial charge in [0.15, 0.2) is 0 Å². The number of nitrogens with zero attached hydrogens (tertiary/aromatic N) is 2. The third-order valence-electron chi connectivity index (χ3n) is 5.23. The average molecular weight is 415 g/mol. The number of hydrogen-bond donors (Lipinski definition) is 0. The number of anilines is 1. The second-order valence-corrected chi connectivity index (χ2v) is 9.17. The number of sulfone groups is 1. The largest absolute Gasteiger partial charge is 0.419 e. The van der Waals surface area contributed by atoms with E-state index in [9.17, 15) is 12.8 Å². The van der Waals surface area contributed by atoms with Crippen molar-refractivity contribution in [2.75, 3.05) is 18.0 Å². The van der Waals surface area contributed by atoms with Gasteiger partial charge in [-0.05, 0) is 55.7 Å². The molecular formula is C22H23FN2O3S. The topological polar surface area (TPSA) is 63.4 Å². The summed E-state index contributed by atoms with van der Waals surface area (Å²) in [6.07, 6.45) is 4.15. The Morgan fingerprint density at radius 3 is 2.28 bits per heavy atom. The molecule has 5 nitrogen and oxygen atoms in total. The lowest BCUT2D eigenvalue weighted by Crippen LogP contribution is -2.25. The second-order valence-electron chi connectivity index (χ2n) is 7.30. The maximum Gasteiger partial charge on any atom is 0.236 e. The summed E-state index contributed by atoms with van der Waals surface area (Å²) in [5.41, 5.74) is 1.70. The molecular weight excluding hydrogens is 391 g/mol. The Labute approximate surface area is 170 Å². The van der Waals surface area contributed by atoms with Crippen molar-refractivity contribution in [2.45, 2.75) is 42.5 Å². The molecule has 152 valence electrons. The zero-order valence-corrected chi connectivity index (χ0v) is 17.1. The molecule has 1 saturated heterocycles. The van der Waals surface area contributed by atoms with E-state index < -0.39 is 15.7 Å². The van der Waals surface area contributed by atoms with E-state index in [1.165, 1.54) is 12.1 Å². The monoisotopic (exact) mass is 414 g/mol. The average Bonchev–Trinajstić information content (AvgIpc) is 2.98. The first-order chi connectivity index (χ1) is 14.0. The highest BCUT2D eigenvalue weighted by atomic mass is 32.2. The van der Waals surface area contributed by atoms with Crippen molar-refractivity contribution in [3.05, 3.63) is 59.9 Å². The fraction of sp³-hybridized carbons (Fsp3) is 0.318. The van der Waals surface area contributed by atoms with E-state index in [0.717, 1.165) is 48.9 Å². The summed E-state index contributed by atoms with van der Waals surface area (Å²) in [5.74, 6) is 0.0648. The molecule has 29 heavy (non-hydrogen) atoms. The van der Waals surface area contributed by atoms with Gasteiger partial charge >= 0.3 is 0 Å². The Morgan fingerprint density at radius 1 is 0.966 bits per heavy atom. The van der Waals surface area contributed by atoms with Crippen molar-refractivity contribution in [3.63, 3.8) is 0 Å². The molecule has 0 saturated carbocycles. The second kappa shape index (κ2) is 7.99. The highest BCUT2D eigenvalue weighted by molar-refractivity contribution is 7.91. The standard InChI is InChI=1S/C22H23FN2O3S/c1-16-8-4-5-9-19(16)20-24-21(22(28-20)25-14-6-2-3-7-15-25)29(26,27)18-12-10-17(23)11-13-18/h4-5,8-13H,2-3,6-7,14-15H2,1H3. The summed E-state index contributed by atoms with van der Waals surface area (Å²) in [6.45, 7) is 3.36. The molecule has 0 bridgehead atoms. The van der Waals surface area contributed by atoms with E-state index in [0.29, 0.717) is 13.1 Å². The number of benzene rings is 2. The van der Waals surface area contributed by atoms with Crippen LogP contribution in [0.4, 0.5) is 10.3 Å². The molecule has 0 N–H and O–H groups in total. The molecule has 7 heteroatoms. The molecule has 0 aliphatic carbocycles. The summed E-state index contributed by atoms with van der Waals surface area (Å²) in [7, 11) is -3.96. The first-order valence-electron chi connectivity index (χ1n) is 9.79. The van der Waals surface area contributed by atoms with E-state index in [1.54, 1.807) is 0 Å². The van der Waals surface area contributed by atoms with E-state index in [4.69, 9.17) is 4.42 Å². The Bertz CT molecular complexity index is 1100. The van der Waals surface area contributed by atoms with Crippen molar-refractivity contribution < 1.29 is 17.2 Å². The maximum absolute atomic E-state index is 13.4. The van der Waals surface area contributed by atoms with Crippen molar-refractivity contribution in [3.8, 4) is 11.5 Å². The molecule has 1 aliphatic heterocycles. The van der Waals surface area contributed by atoms with Crippen LogP contribution in [0.2, 0.25) is 0 Å². The zero-order valence-electron chi connectivity index (χ0n) is 16.3. The third-order valence-corrected chi connectivity index (χ3v) is 6.89. The Morgan fingerprint density at radius 2 is 1.62 bits per heavy atom. The van der Waals surface area contributed by atoms with Gasteiger partial charge in [-0.2, -0.15) is 4.98 Å². The molecule has 0 atom stereocenters. The van der Waals surface area contributed by atoms with Crippen LogP contribution in [0.1, 0.15) is 31.2 Å². The van der Waals surface area contributed by atoms with Gasteiger partial charge in [0.05, 0.1) is 4.90 Å². The summed E-state index contributed by atoms with van der Waals surface area (Å²) < 4.78 is 46.1. The van der Waals surface area contributed by atoms with Crippen molar-refractivity contribution in [1.29, 1.82) is 0 Å². The normalized spacial score (nSPS) is 15.3. The number of rotatable bonds is 4. The lowest BCUT2D eigenvalue weighted by atomic mass is 10.1. The van der Waals surface area contributed by atoms with Crippen LogP contribution in [0.15, 0.2) is 62.9 Å². The number of hydrogen-bond acceptors (Lipinski definition) is 5. The maximum atomic E-state index is 13.4. The molecule has 1 aromatic heterocycles. The molecule has 1 fully saturated rings. The van der Waals surface area contributed by atoms with Gasteiger partial charge in [-0.15, -0.1) is 0 Å². The molecule has 0 radical (unpaired) electrons. The van der Waals surface area contributed by atoms with Crippen molar-refractivity contribution in [1.82, 2.24) is 4.98 Å². The SMILES string of the molecule is Cc1ccccc1-c1nc(S(=O)(=O)c2ccc(F)cc2)c(N2CCCCCC2)o1. The van der Waals surface area contributed by atoms with Crippen LogP contribution in [0.5, 0.6) is 0 Å². The summed E-state index contributed by atoms with van der Waals surface area (Å²) in [5, 5.41) is -0.107. The van der Waals surface area contributed by atoms with E-state index in [1.807, 2.05) is 36.1 Å². The first kappa shape index (κ1) is 19.6. The van der Waals surface area contributed by atoms with Gasteiger partial charge in [0.1, 0.15) is 5.82 Å². The van der Waals surface area contributed by atoms with Gasteiger partial charge in [-0.1, -0.05) is 31.0 Å². The smallest absolute Gasteiger partial charge is 0.236 e. The van der Waals surface area contributed by atoms with Crippen LogP contribution < -0.4 is 4.90 Å². The highest BCUT2D eigenvalue weighted by Crippen LogP contribution is 2.36. The minimum atomic E-state index is -3.96. The summed E-state index contributed by atoms with van der Waals surface area (Å²) in [4.78, 5) is 6.40. The van der Waals surface area contributed by atoms with Crippen molar-refractivity contribution >= 4 is 15.7 Å². The molecule has 2 aromatic carbocycles. The molecule has 0 spiro atoms. The molecule has 1 aliphatic rings. The molecule has 4 rings (SSSR count). The van der Waals surface area contributed by atoms with E-state index >= 15 is 0 Å². The minimum Gasteiger partial charge on any atom is -0.419 e. The fourth-order valence-corrected chi connectivity index (χ4v) is 4.92. The Hall–Kier alpha value is -2.67. The minimum absolute atomic E-state index is 0.000365. The van der Waals surface area contributed by atoms with Crippen LogP contribution in [-0.2, 0) is 9.84 Å². The number of aromatic nitrogens is 1. The molecule has 0 amide bonds. The summed E-state index contributed by atoms with van der Waals surface area (Å²) in [6, 6.07) is 12.4. The molecule has 3 aromatic rings. The van der Waals surface area contributed by atoms with Gasteiger partial charge in [-0.3, -0.25) is 0 Å². The van der Waals surface area contributed by atoms with Gasteiger partial charge in [0.2, 0.25) is 26.6 Å². The van der Waals surface area contributed by atoms with Gasteiger partial charge in [-0.25, -0.2) is 12.8 Å². The lowest BCUT2D eigenvalue weighted by molar-refractivity contribution is 0.543. The van der Waals surface area contributed by atoms with Crippen LogP contribution in [0.25, 0.3) is 11.5 Å². The predicted octanol–water partition coefficient (Wildman–Crippen LogP) is 5.00. The molecule has 2 heterocycles. The zero-order chi connectivity index (χ0) is 20.4. The van der Waals surface area contributed by atoms with Gasteiger partial charge < -0.3 is 9.32 Å². The van der Waals surface area contributed by atoms with E-state index in [-0.39, 0.29) is 21.7 Å². The Balaban J connectivity index is 1.86. The number of halogens is 1. The first-order valence-corrected chi connectivity index (χ1v) is 11.3. The lowest BCUT2D eigenvalue weighted by Gasteiger charge is -2.20.